The molecule has 10 heteroatoms. The Kier molecular flexibility index (Phi) is 5.63. The van der Waals surface area contributed by atoms with E-state index in [0.29, 0.717) is 16.2 Å². The van der Waals surface area contributed by atoms with Crippen molar-refractivity contribution in [3.05, 3.63) is 63.8 Å². The lowest BCUT2D eigenvalue weighted by Crippen LogP contribution is -2.06. The van der Waals surface area contributed by atoms with Crippen LogP contribution in [-0.4, -0.2) is 29.0 Å². The summed E-state index contributed by atoms with van der Waals surface area (Å²) in [5.41, 5.74) is 0.729. The van der Waals surface area contributed by atoms with Gasteiger partial charge in [-0.25, -0.2) is 8.42 Å². The number of fused-ring (bicyclic) bond motifs is 1. The fraction of sp³-hybridized carbons (Fsp3) is 0.190. The first kappa shape index (κ1) is 21.5. The summed E-state index contributed by atoms with van der Waals surface area (Å²) in [5, 5.41) is 21.2. The number of nitrogens with zero attached hydrogens (tertiary/aromatic N) is 1. The topological polar surface area (TPSA) is 110 Å². The molecule has 2 aromatic heterocycles. The molecule has 162 valence electrons. The third-order valence-corrected chi connectivity index (χ3v) is 6.45. The van der Waals surface area contributed by atoms with Crippen molar-refractivity contribution in [3.8, 4) is 22.6 Å². The van der Waals surface area contributed by atoms with E-state index in [1.807, 2.05) is 12.2 Å². The molecular formula is C21H17Cl2NO6S. The van der Waals surface area contributed by atoms with E-state index in [-0.39, 0.29) is 40.3 Å². The Morgan fingerprint density at radius 2 is 1.87 bits per heavy atom. The van der Waals surface area contributed by atoms with Crippen LogP contribution in [0.25, 0.3) is 27.7 Å². The van der Waals surface area contributed by atoms with Gasteiger partial charge in [-0.05, 0) is 18.9 Å². The average molecular weight is 482 g/mol. The molecule has 0 radical (unpaired) electrons. The second-order valence-corrected chi connectivity index (χ2v) is 10.4. The van der Waals surface area contributed by atoms with E-state index in [1.54, 1.807) is 23.0 Å². The number of benzene rings is 1. The molecule has 0 atom stereocenters. The van der Waals surface area contributed by atoms with E-state index in [2.05, 4.69) is 0 Å². The molecule has 1 aliphatic carbocycles. The average Bonchev–Trinajstić information content (AvgIpc) is 3.14. The summed E-state index contributed by atoms with van der Waals surface area (Å²) in [7, 11) is 1.60. The highest BCUT2D eigenvalue weighted by molar-refractivity contribution is 8.13. The van der Waals surface area contributed by atoms with Gasteiger partial charge in [-0.15, -0.1) is 0 Å². The molecule has 0 saturated heterocycles. The Labute approximate surface area is 186 Å². The van der Waals surface area contributed by atoms with Crippen LogP contribution in [0.2, 0.25) is 0 Å². The second kappa shape index (κ2) is 8.11. The largest absolute Gasteiger partial charge is 0.507 e. The van der Waals surface area contributed by atoms with E-state index in [1.165, 1.54) is 6.07 Å². The van der Waals surface area contributed by atoms with Crippen molar-refractivity contribution >= 4 is 47.9 Å². The van der Waals surface area contributed by atoms with E-state index in [4.69, 9.17) is 26.7 Å². The first-order chi connectivity index (χ1) is 14.6. The molecule has 2 heterocycles. The molecule has 31 heavy (non-hydrogen) atoms. The summed E-state index contributed by atoms with van der Waals surface area (Å²) in [6.07, 6.45) is 8.40. The maximum Gasteiger partial charge on any atom is 0.234 e. The number of phenolic OH excluding ortho intramolecular Hbond substituents is 2. The van der Waals surface area contributed by atoms with Crippen molar-refractivity contribution in [1.82, 2.24) is 4.57 Å². The third-order valence-electron chi connectivity index (χ3n) is 4.95. The molecule has 3 aromatic rings. The van der Waals surface area contributed by atoms with Gasteiger partial charge in [-0.3, -0.25) is 4.79 Å². The highest BCUT2D eigenvalue weighted by Crippen LogP contribution is 2.42. The van der Waals surface area contributed by atoms with Crippen LogP contribution in [0.1, 0.15) is 18.6 Å². The SMILES string of the molecule is O=c1cc(C2=CCCC=C2Cl)oc2c(-c3ccn(CCS(=O)(=O)Cl)c3)c(O)cc(O)c12. The lowest BCUT2D eigenvalue weighted by atomic mass is 10.0. The summed E-state index contributed by atoms with van der Waals surface area (Å²) < 4.78 is 30.0. The van der Waals surface area contributed by atoms with Gasteiger partial charge in [0.05, 0.1) is 11.3 Å². The van der Waals surface area contributed by atoms with Crippen LogP contribution in [0.4, 0.5) is 0 Å². The smallest absolute Gasteiger partial charge is 0.234 e. The lowest BCUT2D eigenvalue weighted by molar-refractivity contribution is 0.453. The van der Waals surface area contributed by atoms with Crippen LogP contribution in [0.3, 0.4) is 0 Å². The Balaban J connectivity index is 1.89. The van der Waals surface area contributed by atoms with Crippen molar-refractivity contribution < 1.29 is 23.0 Å². The number of aromatic nitrogens is 1. The van der Waals surface area contributed by atoms with E-state index < -0.39 is 20.2 Å². The molecule has 0 saturated carbocycles. The number of halogens is 2. The van der Waals surface area contributed by atoms with E-state index >= 15 is 0 Å². The maximum absolute atomic E-state index is 12.8. The zero-order valence-corrected chi connectivity index (χ0v) is 18.3. The van der Waals surface area contributed by atoms with E-state index in [9.17, 15) is 23.4 Å². The monoisotopic (exact) mass is 481 g/mol. The number of aromatic hydroxyl groups is 2. The van der Waals surface area contributed by atoms with Crippen molar-refractivity contribution in [2.75, 3.05) is 5.75 Å². The summed E-state index contributed by atoms with van der Waals surface area (Å²) >= 11 is 6.28. The normalized spacial score (nSPS) is 14.5. The van der Waals surface area contributed by atoms with Gasteiger partial charge in [0.15, 0.2) is 11.0 Å². The van der Waals surface area contributed by atoms with Crippen molar-refractivity contribution in [2.24, 2.45) is 0 Å². The number of phenols is 2. The Morgan fingerprint density at radius 3 is 2.58 bits per heavy atom. The van der Waals surface area contributed by atoms with Gasteiger partial charge in [0.2, 0.25) is 9.05 Å². The molecule has 0 unspecified atom stereocenters. The Hall–Kier alpha value is -2.68. The minimum absolute atomic E-state index is 0.00125. The minimum atomic E-state index is -3.67. The molecule has 0 fully saturated rings. The maximum atomic E-state index is 12.8. The Bertz CT molecular complexity index is 1420. The molecule has 0 aliphatic heterocycles. The molecule has 0 spiro atoms. The van der Waals surface area contributed by atoms with Gasteiger partial charge >= 0.3 is 0 Å². The van der Waals surface area contributed by atoms with Crippen LogP contribution < -0.4 is 5.43 Å². The number of hydrogen-bond donors (Lipinski definition) is 2. The molecule has 0 amide bonds. The van der Waals surface area contributed by atoms with Crippen molar-refractivity contribution in [3.63, 3.8) is 0 Å². The summed E-state index contributed by atoms with van der Waals surface area (Å²) in [5.74, 6) is -0.767. The zero-order chi connectivity index (χ0) is 22.3. The lowest BCUT2D eigenvalue weighted by Gasteiger charge is -2.13. The van der Waals surface area contributed by atoms with E-state index in [0.717, 1.165) is 18.9 Å². The molecule has 1 aliphatic rings. The zero-order valence-electron chi connectivity index (χ0n) is 16.0. The minimum Gasteiger partial charge on any atom is -0.507 e. The Morgan fingerprint density at radius 1 is 1.13 bits per heavy atom. The molecule has 1 aromatic carbocycles. The fourth-order valence-corrected chi connectivity index (χ4v) is 4.43. The van der Waals surface area contributed by atoms with Crippen LogP contribution in [0, 0.1) is 0 Å². The standard InChI is InChI=1S/C21H17Cl2NO6S/c22-14-4-2-1-3-13(14)18-10-17(27)20-16(26)9-15(25)19(21(20)30-18)12-5-6-24(11-12)7-8-31(23,28)29/h3-6,9-11,25-26H,1-2,7-8H2. The first-order valence-electron chi connectivity index (χ1n) is 9.32. The van der Waals surface area contributed by atoms with Crippen LogP contribution in [0.5, 0.6) is 11.5 Å². The van der Waals surface area contributed by atoms with Gasteiger partial charge in [0, 0.05) is 57.9 Å². The number of hydrogen-bond acceptors (Lipinski definition) is 6. The van der Waals surface area contributed by atoms with Crippen LogP contribution >= 0.6 is 22.3 Å². The third kappa shape index (κ3) is 4.37. The summed E-state index contributed by atoms with van der Waals surface area (Å²) in [6.45, 7) is 0.102. The van der Waals surface area contributed by atoms with Gasteiger partial charge < -0.3 is 19.2 Å². The number of allylic oxidation sites excluding steroid dienone is 4. The number of rotatable bonds is 5. The van der Waals surface area contributed by atoms with Gasteiger partial charge in [-0.2, -0.15) is 0 Å². The molecule has 2 N–H and O–H groups in total. The van der Waals surface area contributed by atoms with Gasteiger partial charge in [-0.1, -0.05) is 23.8 Å². The molecular weight excluding hydrogens is 465 g/mol. The summed E-state index contributed by atoms with van der Waals surface area (Å²) in [4.78, 5) is 12.8. The predicted molar refractivity (Wildman–Crippen MR) is 120 cm³/mol. The first-order valence-corrected chi connectivity index (χ1v) is 12.2. The van der Waals surface area contributed by atoms with Crippen molar-refractivity contribution in [1.29, 1.82) is 0 Å². The fourth-order valence-electron chi connectivity index (χ4n) is 3.52. The molecule has 4 rings (SSSR count). The highest BCUT2D eigenvalue weighted by Gasteiger charge is 2.22. The molecule has 7 nitrogen and oxygen atoms in total. The highest BCUT2D eigenvalue weighted by atomic mass is 35.7. The second-order valence-electron chi connectivity index (χ2n) is 7.10. The van der Waals surface area contributed by atoms with Crippen molar-refractivity contribution in [2.45, 2.75) is 19.4 Å². The number of aryl methyl sites for hydroxylation is 1. The van der Waals surface area contributed by atoms with Crippen LogP contribution in [-0.2, 0) is 15.6 Å². The predicted octanol–water partition coefficient (Wildman–Crippen LogP) is 4.54. The summed E-state index contributed by atoms with van der Waals surface area (Å²) in [6, 6.07) is 3.96. The molecule has 0 bridgehead atoms. The van der Waals surface area contributed by atoms with Crippen LogP contribution in [0.15, 0.2) is 57.0 Å². The van der Waals surface area contributed by atoms with Gasteiger partial charge in [0.25, 0.3) is 0 Å². The van der Waals surface area contributed by atoms with Gasteiger partial charge in [0.1, 0.15) is 22.6 Å². The quantitative estimate of drug-likeness (QED) is 0.517.